The average Bonchev–Trinajstić information content (AvgIpc) is 2.81. The van der Waals surface area contributed by atoms with Crippen LogP contribution in [0.25, 0.3) is 0 Å². The Bertz CT molecular complexity index is 691. The smallest absolute Gasteiger partial charge is 0.271 e. The number of thiophene rings is 1. The number of hydrogen-bond acceptors (Lipinski definition) is 4. The lowest BCUT2D eigenvalue weighted by atomic mass is 10.2. The Morgan fingerprint density at radius 2 is 2.29 bits per heavy atom. The van der Waals surface area contributed by atoms with Gasteiger partial charge in [-0.3, -0.25) is 4.79 Å². The van der Waals surface area contributed by atoms with Gasteiger partial charge in [0.25, 0.3) is 5.91 Å². The summed E-state index contributed by atoms with van der Waals surface area (Å²) in [7, 11) is 0. The van der Waals surface area contributed by atoms with Crippen molar-refractivity contribution < 1.29 is 9.90 Å². The fraction of sp³-hybridized carbons (Fsp3) is 0.250. The van der Waals surface area contributed by atoms with E-state index in [1.54, 1.807) is 29.7 Å². The Labute approximate surface area is 127 Å². The molecule has 2 rings (SSSR count). The van der Waals surface area contributed by atoms with Crippen molar-refractivity contribution in [2.45, 2.75) is 20.4 Å². The molecule has 0 aromatic carbocycles. The summed E-state index contributed by atoms with van der Waals surface area (Å²) in [6.07, 6.45) is 1.55. The van der Waals surface area contributed by atoms with Crippen molar-refractivity contribution in [2.24, 2.45) is 0 Å². The fourth-order valence-electron chi connectivity index (χ4n) is 1.81. The van der Waals surface area contributed by atoms with E-state index < -0.39 is 0 Å². The van der Waals surface area contributed by atoms with Crippen LogP contribution >= 0.6 is 11.3 Å². The molecule has 0 aliphatic heterocycles. The van der Waals surface area contributed by atoms with Crippen LogP contribution in [0.15, 0.2) is 24.4 Å². The van der Waals surface area contributed by atoms with Crippen molar-refractivity contribution in [1.29, 1.82) is 0 Å². The maximum atomic E-state index is 12.2. The summed E-state index contributed by atoms with van der Waals surface area (Å²) in [5, 5.41) is 11.6. The summed E-state index contributed by atoms with van der Waals surface area (Å²) in [5.74, 6) is 5.00. The maximum absolute atomic E-state index is 12.2. The van der Waals surface area contributed by atoms with Gasteiger partial charge in [-0.1, -0.05) is 11.8 Å². The SMILES string of the molecule is Cc1cc(CNC(=O)c2ncccc2C#CCO)sc1C. The first kappa shape index (κ1) is 15.2. The summed E-state index contributed by atoms with van der Waals surface area (Å²) in [6, 6.07) is 5.50. The number of nitrogens with one attached hydrogen (secondary N) is 1. The van der Waals surface area contributed by atoms with Crippen LogP contribution in [0, 0.1) is 25.7 Å². The highest BCUT2D eigenvalue weighted by Crippen LogP contribution is 2.20. The average molecular weight is 300 g/mol. The van der Waals surface area contributed by atoms with Gasteiger partial charge in [0.1, 0.15) is 12.3 Å². The minimum atomic E-state index is -0.262. The van der Waals surface area contributed by atoms with Gasteiger partial charge in [-0.2, -0.15) is 0 Å². The molecule has 0 aliphatic rings. The van der Waals surface area contributed by atoms with Crippen LogP contribution in [0.2, 0.25) is 0 Å². The Morgan fingerprint density at radius 1 is 1.48 bits per heavy atom. The molecule has 0 fully saturated rings. The van der Waals surface area contributed by atoms with Gasteiger partial charge in [-0.15, -0.1) is 11.3 Å². The fourth-order valence-corrected chi connectivity index (χ4v) is 2.80. The second-order valence-electron chi connectivity index (χ2n) is 4.49. The normalized spacial score (nSPS) is 9.86. The largest absolute Gasteiger partial charge is 0.384 e. The van der Waals surface area contributed by atoms with Crippen LogP contribution < -0.4 is 5.32 Å². The first-order valence-corrected chi connectivity index (χ1v) is 7.32. The standard InChI is InChI=1S/C16H16N2O2S/c1-11-9-14(21-12(11)2)10-18-16(20)15-13(6-4-8-19)5-3-7-17-15/h3,5,7,9,19H,8,10H2,1-2H3,(H,18,20). The molecule has 21 heavy (non-hydrogen) atoms. The zero-order valence-corrected chi connectivity index (χ0v) is 12.8. The monoisotopic (exact) mass is 300 g/mol. The van der Waals surface area contributed by atoms with E-state index in [0.29, 0.717) is 12.1 Å². The Kier molecular flexibility index (Phi) is 5.09. The summed E-state index contributed by atoms with van der Waals surface area (Å²) in [4.78, 5) is 18.6. The molecular formula is C16H16N2O2S. The van der Waals surface area contributed by atoms with Gasteiger partial charge in [-0.05, 0) is 37.6 Å². The van der Waals surface area contributed by atoms with Gasteiger partial charge < -0.3 is 10.4 Å². The van der Waals surface area contributed by atoms with E-state index in [1.807, 2.05) is 0 Å². The molecule has 2 N–H and O–H groups in total. The third-order valence-electron chi connectivity index (χ3n) is 2.97. The Morgan fingerprint density at radius 3 is 2.95 bits per heavy atom. The number of aliphatic hydroxyl groups excluding tert-OH is 1. The first-order valence-electron chi connectivity index (χ1n) is 6.50. The molecule has 0 saturated heterocycles. The molecule has 0 atom stereocenters. The Hall–Kier alpha value is -2.16. The molecule has 4 nitrogen and oxygen atoms in total. The van der Waals surface area contributed by atoms with Crippen molar-refractivity contribution in [3.8, 4) is 11.8 Å². The van der Waals surface area contributed by atoms with E-state index in [-0.39, 0.29) is 18.2 Å². The lowest BCUT2D eigenvalue weighted by molar-refractivity contribution is 0.0946. The zero-order valence-electron chi connectivity index (χ0n) is 11.9. The molecule has 0 unspecified atom stereocenters. The highest BCUT2D eigenvalue weighted by molar-refractivity contribution is 7.12. The van der Waals surface area contributed by atoms with Gasteiger partial charge in [0.2, 0.25) is 0 Å². The lowest BCUT2D eigenvalue weighted by Crippen LogP contribution is -2.24. The van der Waals surface area contributed by atoms with Gasteiger partial charge in [-0.25, -0.2) is 4.98 Å². The van der Waals surface area contributed by atoms with E-state index in [9.17, 15) is 4.79 Å². The summed E-state index contributed by atoms with van der Waals surface area (Å²) in [6.45, 7) is 4.34. The second-order valence-corrected chi connectivity index (χ2v) is 5.83. The molecular weight excluding hydrogens is 284 g/mol. The molecule has 2 heterocycles. The number of aryl methyl sites for hydroxylation is 2. The van der Waals surface area contributed by atoms with Crippen molar-refractivity contribution >= 4 is 17.2 Å². The second kappa shape index (κ2) is 7.02. The van der Waals surface area contributed by atoms with Crippen LogP contribution in [0.1, 0.15) is 31.4 Å². The molecule has 2 aromatic heterocycles. The molecule has 1 amide bonds. The molecule has 0 saturated carbocycles. The lowest BCUT2D eigenvalue weighted by Gasteiger charge is -2.04. The van der Waals surface area contributed by atoms with Gasteiger partial charge >= 0.3 is 0 Å². The van der Waals surface area contributed by atoms with Crippen molar-refractivity contribution in [2.75, 3.05) is 6.61 Å². The zero-order chi connectivity index (χ0) is 15.2. The quantitative estimate of drug-likeness (QED) is 0.853. The minimum absolute atomic E-state index is 0.246. The van der Waals surface area contributed by atoms with Crippen LogP contribution in [0.5, 0.6) is 0 Å². The third-order valence-corrected chi connectivity index (χ3v) is 4.12. The predicted molar refractivity (Wildman–Crippen MR) is 83.2 cm³/mol. The van der Waals surface area contributed by atoms with E-state index in [1.165, 1.54) is 10.4 Å². The van der Waals surface area contributed by atoms with E-state index in [4.69, 9.17) is 5.11 Å². The minimum Gasteiger partial charge on any atom is -0.384 e. The Balaban J connectivity index is 2.10. The number of carbonyl (C=O) groups excluding carboxylic acids is 1. The van der Waals surface area contributed by atoms with Crippen LogP contribution in [-0.4, -0.2) is 22.6 Å². The van der Waals surface area contributed by atoms with Crippen LogP contribution in [0.4, 0.5) is 0 Å². The van der Waals surface area contributed by atoms with E-state index in [0.717, 1.165) is 4.88 Å². The highest BCUT2D eigenvalue weighted by atomic mass is 32.1. The molecule has 2 aromatic rings. The van der Waals surface area contributed by atoms with Crippen LogP contribution in [-0.2, 0) is 6.54 Å². The van der Waals surface area contributed by atoms with E-state index >= 15 is 0 Å². The molecule has 108 valence electrons. The highest BCUT2D eigenvalue weighted by Gasteiger charge is 2.12. The van der Waals surface area contributed by atoms with Crippen molar-refractivity contribution in [1.82, 2.24) is 10.3 Å². The number of hydrogen-bond donors (Lipinski definition) is 2. The topological polar surface area (TPSA) is 62.2 Å². The van der Waals surface area contributed by atoms with Gasteiger partial charge in [0.15, 0.2) is 0 Å². The molecule has 0 bridgehead atoms. The third kappa shape index (κ3) is 3.91. The maximum Gasteiger partial charge on any atom is 0.271 e. The predicted octanol–water partition coefficient (Wildman–Crippen LogP) is 2.03. The molecule has 0 spiro atoms. The summed E-state index contributed by atoms with van der Waals surface area (Å²) < 4.78 is 0. The summed E-state index contributed by atoms with van der Waals surface area (Å²) >= 11 is 1.67. The molecule has 0 radical (unpaired) electrons. The number of rotatable bonds is 3. The summed E-state index contributed by atoms with van der Waals surface area (Å²) in [5.41, 5.74) is 2.03. The first-order chi connectivity index (χ1) is 10.1. The number of nitrogens with zero attached hydrogens (tertiary/aromatic N) is 1. The van der Waals surface area contributed by atoms with Crippen molar-refractivity contribution in [3.63, 3.8) is 0 Å². The van der Waals surface area contributed by atoms with Gasteiger partial charge in [0.05, 0.1) is 12.1 Å². The van der Waals surface area contributed by atoms with Crippen molar-refractivity contribution in [3.05, 3.63) is 51.0 Å². The number of carbonyl (C=O) groups is 1. The molecule has 0 aliphatic carbocycles. The van der Waals surface area contributed by atoms with Crippen LogP contribution in [0.3, 0.4) is 0 Å². The van der Waals surface area contributed by atoms with Gasteiger partial charge in [0, 0.05) is 16.0 Å². The number of pyridine rings is 1. The number of aromatic nitrogens is 1. The van der Waals surface area contributed by atoms with E-state index in [2.05, 4.69) is 42.1 Å². The number of amides is 1. The molecule has 5 heteroatoms. The number of aliphatic hydroxyl groups is 1.